The highest BCUT2D eigenvalue weighted by atomic mass is 35.5. The third-order valence-electron chi connectivity index (χ3n) is 3.70. The van der Waals surface area contributed by atoms with Gasteiger partial charge in [0.05, 0.1) is 6.54 Å². The zero-order valence-corrected chi connectivity index (χ0v) is 12.9. The standard InChI is InChI=1S/C15H19ClN4O2/c16-11-1-4-14(5-2-11)22-9-13(21)7-17-12-3-6-15-18-10-19-20(15)8-12/h1-2,4-5,10,12-13,17,21H,3,6-9H2/t12-,13+/m0/s1. The fourth-order valence-electron chi connectivity index (χ4n) is 2.49. The summed E-state index contributed by atoms with van der Waals surface area (Å²) in [6.45, 7) is 1.53. The van der Waals surface area contributed by atoms with Crippen LogP contribution in [-0.4, -0.2) is 45.2 Å². The Kier molecular flexibility index (Phi) is 4.92. The highest BCUT2D eigenvalue weighted by Crippen LogP contribution is 2.15. The Bertz CT molecular complexity index is 602. The number of aryl methyl sites for hydroxylation is 1. The van der Waals surface area contributed by atoms with Crippen molar-refractivity contribution in [1.82, 2.24) is 20.1 Å². The zero-order chi connectivity index (χ0) is 15.4. The van der Waals surface area contributed by atoms with Gasteiger partial charge in [-0.1, -0.05) is 11.6 Å². The molecule has 0 saturated heterocycles. The molecule has 0 amide bonds. The molecule has 2 atom stereocenters. The second-order valence-electron chi connectivity index (χ2n) is 5.42. The molecule has 2 aromatic rings. The van der Waals surface area contributed by atoms with E-state index in [2.05, 4.69) is 15.4 Å². The zero-order valence-electron chi connectivity index (χ0n) is 12.2. The van der Waals surface area contributed by atoms with Gasteiger partial charge in [-0.05, 0) is 30.7 Å². The van der Waals surface area contributed by atoms with Crippen LogP contribution in [0.25, 0.3) is 0 Å². The van der Waals surface area contributed by atoms with E-state index in [1.165, 1.54) is 0 Å². The maximum Gasteiger partial charge on any atom is 0.138 e. The van der Waals surface area contributed by atoms with Crippen LogP contribution in [0.1, 0.15) is 12.2 Å². The minimum absolute atomic E-state index is 0.246. The van der Waals surface area contributed by atoms with E-state index in [4.69, 9.17) is 16.3 Å². The number of benzene rings is 1. The molecule has 2 N–H and O–H groups in total. The van der Waals surface area contributed by atoms with Crippen LogP contribution < -0.4 is 10.1 Å². The highest BCUT2D eigenvalue weighted by Gasteiger charge is 2.20. The molecule has 0 fully saturated rings. The van der Waals surface area contributed by atoms with E-state index in [0.717, 1.165) is 25.2 Å². The summed E-state index contributed by atoms with van der Waals surface area (Å²) in [7, 11) is 0. The first-order chi connectivity index (χ1) is 10.7. The molecule has 0 saturated carbocycles. The molecule has 0 radical (unpaired) electrons. The summed E-state index contributed by atoms with van der Waals surface area (Å²) in [5.41, 5.74) is 0. The summed E-state index contributed by atoms with van der Waals surface area (Å²) < 4.78 is 7.44. The fourth-order valence-corrected chi connectivity index (χ4v) is 2.62. The molecule has 0 aliphatic carbocycles. The van der Waals surface area contributed by atoms with Crippen molar-refractivity contribution in [2.45, 2.75) is 31.5 Å². The number of nitrogens with zero attached hydrogens (tertiary/aromatic N) is 3. The van der Waals surface area contributed by atoms with Gasteiger partial charge in [-0.3, -0.25) is 0 Å². The van der Waals surface area contributed by atoms with Crippen LogP contribution in [0.3, 0.4) is 0 Å². The molecular formula is C15H19ClN4O2. The molecule has 1 aliphatic heterocycles. The van der Waals surface area contributed by atoms with Crippen molar-refractivity contribution in [3.8, 4) is 5.75 Å². The lowest BCUT2D eigenvalue weighted by atomic mass is 10.1. The molecule has 2 heterocycles. The number of halogens is 1. The van der Waals surface area contributed by atoms with Gasteiger partial charge in [0.1, 0.15) is 30.6 Å². The SMILES string of the molecule is O[C@H](CN[C@H]1CCc2ncnn2C1)COc1ccc(Cl)cc1. The van der Waals surface area contributed by atoms with E-state index in [1.807, 2.05) is 4.68 Å². The first-order valence-electron chi connectivity index (χ1n) is 7.37. The maximum atomic E-state index is 10.0. The summed E-state index contributed by atoms with van der Waals surface area (Å²) >= 11 is 5.81. The van der Waals surface area contributed by atoms with Gasteiger partial charge in [0.2, 0.25) is 0 Å². The Morgan fingerprint density at radius 3 is 3.05 bits per heavy atom. The first kappa shape index (κ1) is 15.3. The molecular weight excluding hydrogens is 304 g/mol. The minimum atomic E-state index is -0.562. The smallest absolute Gasteiger partial charge is 0.138 e. The molecule has 0 bridgehead atoms. The first-order valence-corrected chi connectivity index (χ1v) is 7.75. The minimum Gasteiger partial charge on any atom is -0.491 e. The van der Waals surface area contributed by atoms with E-state index in [0.29, 0.717) is 23.4 Å². The number of aromatic nitrogens is 3. The summed E-state index contributed by atoms with van der Waals surface area (Å²) in [6, 6.07) is 7.41. The monoisotopic (exact) mass is 322 g/mol. The molecule has 7 heteroatoms. The van der Waals surface area contributed by atoms with Crippen LogP contribution in [0.5, 0.6) is 5.75 Å². The molecule has 1 aromatic carbocycles. The van der Waals surface area contributed by atoms with Gasteiger partial charge in [-0.25, -0.2) is 9.67 Å². The topological polar surface area (TPSA) is 72.2 Å². The summed E-state index contributed by atoms with van der Waals surface area (Å²) in [6.07, 6.45) is 2.94. The van der Waals surface area contributed by atoms with Gasteiger partial charge in [0, 0.05) is 24.0 Å². The van der Waals surface area contributed by atoms with Crippen LogP contribution in [0.2, 0.25) is 5.02 Å². The third kappa shape index (κ3) is 3.97. The largest absolute Gasteiger partial charge is 0.491 e. The van der Waals surface area contributed by atoms with Crippen molar-refractivity contribution in [2.75, 3.05) is 13.2 Å². The lowest BCUT2D eigenvalue weighted by Crippen LogP contribution is -2.42. The molecule has 6 nitrogen and oxygen atoms in total. The normalized spacial score (nSPS) is 18.7. The quantitative estimate of drug-likeness (QED) is 0.838. The average Bonchev–Trinajstić information content (AvgIpc) is 3.00. The number of ether oxygens (including phenoxy) is 1. The van der Waals surface area contributed by atoms with Gasteiger partial charge in [0.25, 0.3) is 0 Å². The number of hydrogen-bond donors (Lipinski definition) is 2. The Labute approximate surface area is 134 Å². The molecule has 22 heavy (non-hydrogen) atoms. The fraction of sp³-hybridized carbons (Fsp3) is 0.467. The second kappa shape index (κ2) is 7.09. The Balaban J connectivity index is 1.39. The van der Waals surface area contributed by atoms with Crippen molar-refractivity contribution >= 4 is 11.6 Å². The number of fused-ring (bicyclic) bond motifs is 1. The predicted octanol–water partition coefficient (Wildman–Crippen LogP) is 1.28. The van der Waals surface area contributed by atoms with Gasteiger partial charge in [-0.2, -0.15) is 5.10 Å². The lowest BCUT2D eigenvalue weighted by molar-refractivity contribution is 0.101. The summed E-state index contributed by atoms with van der Waals surface area (Å²) in [5.74, 6) is 1.73. The van der Waals surface area contributed by atoms with Crippen molar-refractivity contribution < 1.29 is 9.84 Å². The highest BCUT2D eigenvalue weighted by molar-refractivity contribution is 6.30. The van der Waals surface area contributed by atoms with Crippen LogP contribution in [-0.2, 0) is 13.0 Å². The predicted molar refractivity (Wildman–Crippen MR) is 83.1 cm³/mol. The Morgan fingerprint density at radius 2 is 2.23 bits per heavy atom. The van der Waals surface area contributed by atoms with Gasteiger partial charge >= 0.3 is 0 Å². The Hall–Kier alpha value is -1.63. The molecule has 1 aliphatic rings. The van der Waals surface area contributed by atoms with E-state index < -0.39 is 6.10 Å². The Morgan fingerprint density at radius 1 is 1.41 bits per heavy atom. The molecule has 0 spiro atoms. The number of hydrogen-bond acceptors (Lipinski definition) is 5. The third-order valence-corrected chi connectivity index (χ3v) is 3.96. The van der Waals surface area contributed by atoms with Gasteiger partial charge in [0.15, 0.2) is 0 Å². The van der Waals surface area contributed by atoms with Crippen LogP contribution >= 0.6 is 11.6 Å². The van der Waals surface area contributed by atoms with Crippen LogP contribution in [0.15, 0.2) is 30.6 Å². The molecule has 0 unspecified atom stereocenters. The summed E-state index contributed by atoms with van der Waals surface area (Å²) in [4.78, 5) is 4.20. The maximum absolute atomic E-state index is 10.0. The van der Waals surface area contributed by atoms with Crippen LogP contribution in [0, 0.1) is 0 Å². The average molecular weight is 323 g/mol. The van der Waals surface area contributed by atoms with E-state index in [1.54, 1.807) is 30.6 Å². The second-order valence-corrected chi connectivity index (χ2v) is 5.86. The van der Waals surface area contributed by atoms with Gasteiger partial charge < -0.3 is 15.2 Å². The number of nitrogens with one attached hydrogen (secondary N) is 1. The van der Waals surface area contributed by atoms with E-state index in [-0.39, 0.29) is 6.61 Å². The van der Waals surface area contributed by atoms with Crippen molar-refractivity contribution in [1.29, 1.82) is 0 Å². The van der Waals surface area contributed by atoms with Crippen molar-refractivity contribution in [3.05, 3.63) is 41.4 Å². The van der Waals surface area contributed by atoms with Crippen molar-refractivity contribution in [3.63, 3.8) is 0 Å². The molecule has 3 rings (SSSR count). The lowest BCUT2D eigenvalue weighted by Gasteiger charge is -2.24. The number of aliphatic hydroxyl groups excluding tert-OH is 1. The van der Waals surface area contributed by atoms with Crippen molar-refractivity contribution in [2.24, 2.45) is 0 Å². The molecule has 1 aromatic heterocycles. The summed E-state index contributed by atoms with van der Waals surface area (Å²) in [5, 5.41) is 18.2. The molecule has 118 valence electrons. The van der Waals surface area contributed by atoms with E-state index in [9.17, 15) is 5.11 Å². The number of aliphatic hydroxyl groups is 1. The number of rotatable bonds is 6. The van der Waals surface area contributed by atoms with E-state index >= 15 is 0 Å². The van der Waals surface area contributed by atoms with Gasteiger partial charge in [-0.15, -0.1) is 0 Å². The van der Waals surface area contributed by atoms with Crippen LogP contribution in [0.4, 0.5) is 0 Å².